The van der Waals surface area contributed by atoms with E-state index in [0.29, 0.717) is 45.2 Å². The Morgan fingerprint density at radius 1 is 0.621 bits per heavy atom. The van der Waals surface area contributed by atoms with Crippen LogP contribution >= 0.6 is 0 Å². The van der Waals surface area contributed by atoms with Gasteiger partial charge in [-0.05, 0) is 110 Å². The van der Waals surface area contributed by atoms with Crippen LogP contribution in [0.5, 0.6) is 11.5 Å². The Morgan fingerprint density at radius 2 is 1.05 bits per heavy atom. The van der Waals surface area contributed by atoms with Crippen LogP contribution in [0.4, 0.5) is 14.4 Å². The molecule has 58 heavy (non-hydrogen) atoms. The van der Waals surface area contributed by atoms with Gasteiger partial charge in [0.2, 0.25) is 5.82 Å². The first-order chi connectivity index (χ1) is 26.9. The highest BCUT2D eigenvalue weighted by Gasteiger charge is 2.53. The van der Waals surface area contributed by atoms with Gasteiger partial charge in [-0.25, -0.2) is 0 Å². The number of rotatable bonds is 14. The van der Waals surface area contributed by atoms with Crippen molar-refractivity contribution in [3.63, 3.8) is 0 Å². The van der Waals surface area contributed by atoms with Crippen LogP contribution < -0.4 is 57.4 Å². The Kier molecular flexibility index (Phi) is 14.2. The van der Waals surface area contributed by atoms with Crippen molar-refractivity contribution in [1.29, 1.82) is 0 Å². The molecule has 5 aromatic rings. The number of ether oxygens (including phenoxy) is 2. The van der Waals surface area contributed by atoms with Crippen LogP contribution in [-0.2, 0) is 13.1 Å². The van der Waals surface area contributed by atoms with Crippen molar-refractivity contribution in [2.75, 3.05) is 54.5 Å². The average molecular weight is 1010 g/mol. The third-order valence-electron chi connectivity index (χ3n) is 12.3. The summed E-state index contributed by atoms with van der Waals surface area (Å²) in [5.41, 5.74) is 7.46. The predicted molar refractivity (Wildman–Crippen MR) is 226 cm³/mol. The van der Waals surface area contributed by atoms with E-state index in [9.17, 15) is 0 Å². The smallest absolute Gasteiger partial charge is 0.642 e. The van der Waals surface area contributed by atoms with Gasteiger partial charge in [-0.3, -0.25) is 0 Å². The van der Waals surface area contributed by atoms with E-state index in [-0.39, 0.29) is 59.6 Å². The number of amidine groups is 1. The number of nitrogens with zero attached hydrogens (tertiary/aromatic N) is 5. The van der Waals surface area contributed by atoms with Crippen molar-refractivity contribution in [1.82, 2.24) is 4.48 Å². The van der Waals surface area contributed by atoms with E-state index in [1.165, 1.54) is 11.1 Å². The molecule has 2 aliphatic rings. The highest BCUT2D eigenvalue weighted by atomic mass is 127. The first-order valence-corrected chi connectivity index (χ1v) is 19.8. The molecule has 2 aliphatic heterocycles. The SMILES string of the molecule is CC[N+](C)(CC)Cc1ccc(C2=CC(c3ccc(OC)cc3)=[N+]3C2=Nc2c(-c4ccc(C[N+](C)(CC)CC)cc4)cc(-c4ccc(OC)cc4)n2[B-]3(F)F)cc1.[I-].[I-]. The van der Waals surface area contributed by atoms with E-state index < -0.39 is 6.97 Å². The Hall–Kier alpha value is -3.86. The first kappa shape index (κ1) is 45.2. The van der Waals surface area contributed by atoms with Crippen LogP contribution in [-0.4, -0.2) is 90.9 Å². The second kappa shape index (κ2) is 18.2. The number of fused-ring (bicyclic) bond motifs is 2. The molecule has 0 atom stereocenters. The first-order valence-electron chi connectivity index (χ1n) is 19.8. The van der Waals surface area contributed by atoms with Crippen molar-refractivity contribution in [3.8, 4) is 33.9 Å². The van der Waals surface area contributed by atoms with Gasteiger partial charge in [-0.1, -0.05) is 48.5 Å². The molecule has 0 spiro atoms. The minimum absolute atomic E-state index is 0. The van der Waals surface area contributed by atoms with Crippen molar-refractivity contribution >= 4 is 29.9 Å². The Morgan fingerprint density at radius 3 is 1.50 bits per heavy atom. The number of methoxy groups -OCH3 is 2. The van der Waals surface area contributed by atoms with Crippen molar-refractivity contribution in [2.24, 2.45) is 4.99 Å². The lowest BCUT2D eigenvalue weighted by Gasteiger charge is -2.32. The number of quaternary nitrogens is 2. The Bertz CT molecular complexity index is 2310. The van der Waals surface area contributed by atoms with Gasteiger partial charge in [0.25, 0.3) is 5.84 Å². The highest BCUT2D eigenvalue weighted by molar-refractivity contribution is 6.63. The second-order valence-electron chi connectivity index (χ2n) is 15.6. The molecule has 7 rings (SSSR count). The minimum atomic E-state index is -4.46. The van der Waals surface area contributed by atoms with Gasteiger partial charge in [0.15, 0.2) is 0 Å². The molecular formula is C46H54BF2I2N5O2. The molecular weight excluding hydrogens is 957 g/mol. The fraction of sp³-hybridized carbons (Fsp3) is 0.304. The van der Waals surface area contributed by atoms with Crippen LogP contribution in [0.25, 0.3) is 28.0 Å². The Labute approximate surface area is 377 Å². The lowest BCUT2D eigenvalue weighted by Crippen LogP contribution is -3.00. The van der Waals surface area contributed by atoms with E-state index in [2.05, 4.69) is 90.3 Å². The maximum atomic E-state index is 18.0. The fourth-order valence-corrected chi connectivity index (χ4v) is 7.85. The van der Waals surface area contributed by atoms with Gasteiger partial charge in [-0.2, -0.15) is 0 Å². The van der Waals surface area contributed by atoms with Crippen LogP contribution in [0.2, 0.25) is 0 Å². The summed E-state index contributed by atoms with van der Waals surface area (Å²) in [6.45, 7) is 10.2. The summed E-state index contributed by atoms with van der Waals surface area (Å²) >= 11 is 0. The summed E-state index contributed by atoms with van der Waals surface area (Å²) in [5.74, 6) is 1.78. The molecule has 0 saturated heterocycles. The molecule has 0 aliphatic carbocycles. The van der Waals surface area contributed by atoms with Crippen LogP contribution in [0.3, 0.4) is 0 Å². The molecule has 3 heterocycles. The van der Waals surface area contributed by atoms with Gasteiger partial charge < -0.3 is 84.0 Å². The van der Waals surface area contributed by atoms with E-state index in [0.717, 1.165) is 68.3 Å². The molecule has 0 fully saturated rings. The third kappa shape index (κ3) is 8.57. The number of aromatic nitrogens is 1. The maximum Gasteiger partial charge on any atom is 0.642 e. The summed E-state index contributed by atoms with van der Waals surface area (Å²) in [7, 11) is 7.71. The molecule has 0 unspecified atom stereocenters. The number of hydrogen-bond donors (Lipinski definition) is 0. The second-order valence-corrected chi connectivity index (χ2v) is 15.6. The summed E-state index contributed by atoms with van der Waals surface area (Å²) in [6, 6.07) is 33.1. The lowest BCUT2D eigenvalue weighted by atomic mass is 9.90. The number of halogens is 4. The van der Waals surface area contributed by atoms with E-state index in [1.54, 1.807) is 38.5 Å². The molecule has 0 N–H and O–H groups in total. The lowest BCUT2D eigenvalue weighted by molar-refractivity contribution is -0.919. The standard InChI is InChI=1S/C46H54BF2N5O2.2HI/c1-9-53(5,10-2)31-33-13-17-35(18-14-33)41-29-43(37-21-25-39(55-7)26-22-37)51-45(41)50-46-42(36-19-15-34(16-20-36)32-54(6,11-3)12-4)30-44(52(46)47(51,48)49)38-23-27-40(56-8)28-24-38;;/h13-30H,9-12,31-32H2,1-8H3;2*1H/q+2;;/p-2. The van der Waals surface area contributed by atoms with Crippen LogP contribution in [0.1, 0.15) is 49.9 Å². The van der Waals surface area contributed by atoms with Gasteiger partial charge >= 0.3 is 6.97 Å². The highest BCUT2D eigenvalue weighted by Crippen LogP contribution is 2.46. The molecule has 0 saturated carbocycles. The van der Waals surface area contributed by atoms with Crippen molar-refractivity contribution in [2.45, 2.75) is 40.8 Å². The van der Waals surface area contributed by atoms with Crippen LogP contribution in [0.15, 0.2) is 114 Å². The zero-order valence-electron chi connectivity index (χ0n) is 34.8. The fourth-order valence-electron chi connectivity index (χ4n) is 7.85. The maximum absolute atomic E-state index is 18.0. The predicted octanol–water partition coefficient (Wildman–Crippen LogP) is 3.69. The zero-order chi connectivity index (χ0) is 39.8. The molecule has 306 valence electrons. The largest absolute Gasteiger partial charge is 1.00 e. The van der Waals surface area contributed by atoms with Crippen molar-refractivity contribution in [3.05, 3.63) is 131 Å². The summed E-state index contributed by atoms with van der Waals surface area (Å²) in [5, 5.41) is 0. The van der Waals surface area contributed by atoms with E-state index in [4.69, 9.17) is 14.5 Å². The number of hydrogen-bond acceptors (Lipinski definition) is 3. The van der Waals surface area contributed by atoms with Crippen LogP contribution in [0, 0.1) is 0 Å². The molecule has 12 heteroatoms. The number of aliphatic imine (C=N–C) groups is 1. The third-order valence-corrected chi connectivity index (χ3v) is 12.3. The summed E-state index contributed by atoms with van der Waals surface area (Å²) in [6.07, 6.45) is 1.87. The van der Waals surface area contributed by atoms with E-state index >= 15 is 8.63 Å². The molecule has 0 bridgehead atoms. The Balaban J connectivity index is 0.00000320. The molecule has 1 aromatic heterocycles. The number of allylic oxidation sites excluding steroid dienone is 1. The summed E-state index contributed by atoms with van der Waals surface area (Å²) in [4.78, 5) is 5.24. The van der Waals surface area contributed by atoms with Crippen molar-refractivity contribution < 1.29 is 79.5 Å². The van der Waals surface area contributed by atoms with Gasteiger partial charge in [-0.15, -0.1) is 0 Å². The number of benzene rings is 4. The monoisotopic (exact) mass is 1010 g/mol. The topological polar surface area (TPSA) is 38.8 Å². The summed E-state index contributed by atoms with van der Waals surface area (Å²) < 4.78 is 50.9. The zero-order valence-corrected chi connectivity index (χ0v) is 39.1. The van der Waals surface area contributed by atoms with Gasteiger partial charge in [0.05, 0.1) is 65.8 Å². The normalized spacial score (nSPS) is 14.4. The van der Waals surface area contributed by atoms with Gasteiger partial charge in [0, 0.05) is 27.9 Å². The van der Waals surface area contributed by atoms with Gasteiger partial charge in [0.1, 0.15) is 24.6 Å². The minimum Gasteiger partial charge on any atom is -1.00 e. The molecule has 0 amide bonds. The molecule has 4 aromatic carbocycles. The van der Waals surface area contributed by atoms with E-state index in [1.807, 2.05) is 36.4 Å². The molecule has 0 radical (unpaired) electrons. The quantitative estimate of drug-likeness (QED) is 0.0970. The molecule has 7 nitrogen and oxygen atoms in total. The average Bonchev–Trinajstić information content (AvgIpc) is 3.82.